The quantitative estimate of drug-likeness (QED) is 0.627. The van der Waals surface area contributed by atoms with Gasteiger partial charge in [0.15, 0.2) is 5.54 Å². The van der Waals surface area contributed by atoms with E-state index in [4.69, 9.17) is 9.47 Å². The van der Waals surface area contributed by atoms with Crippen LogP contribution in [0, 0.1) is 5.41 Å². The largest absolute Gasteiger partial charge is 0.479 e. The molecule has 3 N–H and O–H groups in total. The summed E-state index contributed by atoms with van der Waals surface area (Å²) < 4.78 is 10.2. The second-order valence-corrected chi connectivity index (χ2v) is 5.74. The van der Waals surface area contributed by atoms with Crippen molar-refractivity contribution >= 4 is 12.0 Å². The van der Waals surface area contributed by atoms with E-state index in [1.54, 1.807) is 7.11 Å². The van der Waals surface area contributed by atoms with Crippen LogP contribution < -0.4 is 10.6 Å². The summed E-state index contributed by atoms with van der Waals surface area (Å²) in [6, 6.07) is -0.443. The van der Waals surface area contributed by atoms with Crippen LogP contribution >= 0.6 is 0 Å². The highest BCUT2D eigenvalue weighted by atomic mass is 16.5. The summed E-state index contributed by atoms with van der Waals surface area (Å²) in [6.45, 7) is 1.60. The van der Waals surface area contributed by atoms with Crippen molar-refractivity contribution in [2.75, 3.05) is 33.5 Å². The Hall–Kier alpha value is -1.34. The lowest BCUT2D eigenvalue weighted by atomic mass is 9.99. The second-order valence-electron chi connectivity index (χ2n) is 5.74. The van der Waals surface area contributed by atoms with E-state index in [9.17, 15) is 14.7 Å². The highest BCUT2D eigenvalue weighted by Gasteiger charge is 2.45. The first-order valence-electron chi connectivity index (χ1n) is 6.88. The van der Waals surface area contributed by atoms with E-state index in [0.717, 1.165) is 19.3 Å². The number of carboxylic acid groups (broad SMARTS) is 1. The third kappa shape index (κ3) is 3.40. The van der Waals surface area contributed by atoms with Crippen LogP contribution in [0.5, 0.6) is 0 Å². The Balaban J connectivity index is 1.79. The Bertz CT molecular complexity index is 375. The summed E-state index contributed by atoms with van der Waals surface area (Å²) in [5.74, 6) is -1.05. The molecule has 1 heterocycles. The van der Waals surface area contributed by atoms with Gasteiger partial charge in [-0.25, -0.2) is 9.59 Å². The predicted molar refractivity (Wildman–Crippen MR) is 70.5 cm³/mol. The average Bonchev–Trinajstić information content (AvgIpc) is 3.04. The average molecular weight is 286 g/mol. The van der Waals surface area contributed by atoms with Crippen LogP contribution in [0.25, 0.3) is 0 Å². The summed E-state index contributed by atoms with van der Waals surface area (Å²) in [5, 5.41) is 14.5. The van der Waals surface area contributed by atoms with E-state index in [-0.39, 0.29) is 12.0 Å². The molecule has 2 amide bonds. The standard InChI is InChI=1S/C13H22N2O5/c1-19-6-4-12(2-3-12)8-14-11(18)15-13(10(16)17)5-7-20-9-13/h2-9H2,1H3,(H,16,17)(H2,14,15,18). The monoisotopic (exact) mass is 286 g/mol. The van der Waals surface area contributed by atoms with Crippen LogP contribution in [0.4, 0.5) is 4.79 Å². The molecule has 114 valence electrons. The van der Waals surface area contributed by atoms with Crippen molar-refractivity contribution in [3.05, 3.63) is 0 Å². The Labute approximate surface area is 118 Å². The fraction of sp³-hybridized carbons (Fsp3) is 0.846. The topological polar surface area (TPSA) is 96.9 Å². The molecule has 1 atom stereocenters. The minimum Gasteiger partial charge on any atom is -0.479 e. The molecule has 7 nitrogen and oxygen atoms in total. The maximum absolute atomic E-state index is 11.9. The summed E-state index contributed by atoms with van der Waals surface area (Å²) in [7, 11) is 1.66. The molecule has 2 rings (SSSR count). The zero-order valence-electron chi connectivity index (χ0n) is 11.7. The van der Waals surface area contributed by atoms with Crippen LogP contribution in [-0.4, -0.2) is 56.1 Å². The molecule has 0 aromatic heterocycles. The minimum absolute atomic E-state index is 0.0184. The zero-order valence-corrected chi connectivity index (χ0v) is 11.7. The van der Waals surface area contributed by atoms with Gasteiger partial charge in [0.2, 0.25) is 0 Å². The van der Waals surface area contributed by atoms with E-state index in [0.29, 0.717) is 26.2 Å². The van der Waals surface area contributed by atoms with E-state index in [2.05, 4.69) is 10.6 Å². The number of amides is 2. The minimum atomic E-state index is -1.28. The molecule has 1 unspecified atom stereocenters. The molecule has 1 saturated carbocycles. The van der Waals surface area contributed by atoms with Gasteiger partial charge in [-0.15, -0.1) is 0 Å². The molecule has 2 fully saturated rings. The van der Waals surface area contributed by atoms with Gasteiger partial charge in [0, 0.05) is 33.3 Å². The maximum Gasteiger partial charge on any atom is 0.332 e. The van der Waals surface area contributed by atoms with Crippen molar-refractivity contribution in [3.63, 3.8) is 0 Å². The highest BCUT2D eigenvalue weighted by molar-refractivity contribution is 5.86. The fourth-order valence-corrected chi connectivity index (χ4v) is 2.43. The molecule has 0 bridgehead atoms. The number of methoxy groups -OCH3 is 1. The Morgan fingerprint density at radius 2 is 2.10 bits per heavy atom. The molecule has 1 aliphatic heterocycles. The number of rotatable bonds is 7. The van der Waals surface area contributed by atoms with Gasteiger partial charge < -0.3 is 25.2 Å². The van der Waals surface area contributed by atoms with Crippen molar-refractivity contribution in [2.45, 2.75) is 31.2 Å². The third-order valence-corrected chi connectivity index (χ3v) is 4.20. The van der Waals surface area contributed by atoms with Gasteiger partial charge in [0.05, 0.1) is 6.61 Å². The number of carbonyl (C=O) groups is 2. The summed E-state index contributed by atoms with van der Waals surface area (Å²) >= 11 is 0. The third-order valence-electron chi connectivity index (χ3n) is 4.20. The molecule has 1 aliphatic carbocycles. The van der Waals surface area contributed by atoms with E-state index >= 15 is 0 Å². The summed E-state index contributed by atoms with van der Waals surface area (Å²) in [5.41, 5.74) is -1.15. The molecule has 20 heavy (non-hydrogen) atoms. The van der Waals surface area contributed by atoms with Crippen molar-refractivity contribution in [3.8, 4) is 0 Å². The molecule has 0 spiro atoms. The molecule has 7 heteroatoms. The highest BCUT2D eigenvalue weighted by Crippen LogP contribution is 2.48. The first-order chi connectivity index (χ1) is 9.52. The van der Waals surface area contributed by atoms with Crippen molar-refractivity contribution in [2.24, 2.45) is 5.41 Å². The van der Waals surface area contributed by atoms with E-state index in [1.165, 1.54) is 0 Å². The van der Waals surface area contributed by atoms with Gasteiger partial charge in [-0.2, -0.15) is 0 Å². The molecule has 0 aromatic carbocycles. The first kappa shape index (κ1) is 15.1. The lowest BCUT2D eigenvalue weighted by Crippen LogP contribution is -2.58. The molecule has 0 radical (unpaired) electrons. The predicted octanol–water partition coefficient (Wildman–Crippen LogP) is 0.346. The number of carboxylic acids is 1. The van der Waals surface area contributed by atoms with Gasteiger partial charge in [-0.05, 0) is 24.7 Å². The van der Waals surface area contributed by atoms with Crippen molar-refractivity contribution in [1.82, 2.24) is 10.6 Å². The van der Waals surface area contributed by atoms with Crippen LogP contribution in [0.15, 0.2) is 0 Å². The SMILES string of the molecule is COCCC1(CNC(=O)NC2(C(=O)O)CCOC2)CC1. The van der Waals surface area contributed by atoms with E-state index in [1.807, 2.05) is 0 Å². The Kier molecular flexibility index (Phi) is 4.49. The zero-order chi connectivity index (χ0) is 14.6. The van der Waals surface area contributed by atoms with Crippen LogP contribution in [-0.2, 0) is 14.3 Å². The number of ether oxygens (including phenoxy) is 2. The number of aliphatic carboxylic acids is 1. The number of hydrogen-bond acceptors (Lipinski definition) is 4. The van der Waals surface area contributed by atoms with Gasteiger partial charge >= 0.3 is 12.0 Å². The molecule has 1 saturated heterocycles. The lowest BCUT2D eigenvalue weighted by Gasteiger charge is -2.24. The lowest BCUT2D eigenvalue weighted by molar-refractivity contribution is -0.144. The number of nitrogens with one attached hydrogen (secondary N) is 2. The van der Waals surface area contributed by atoms with Crippen molar-refractivity contribution < 1.29 is 24.2 Å². The fourth-order valence-electron chi connectivity index (χ4n) is 2.43. The summed E-state index contributed by atoms with van der Waals surface area (Å²) in [6.07, 6.45) is 3.36. The van der Waals surface area contributed by atoms with Gasteiger partial charge in [-0.1, -0.05) is 0 Å². The smallest absolute Gasteiger partial charge is 0.332 e. The maximum atomic E-state index is 11.9. The normalized spacial score (nSPS) is 27.1. The Morgan fingerprint density at radius 3 is 2.60 bits per heavy atom. The van der Waals surface area contributed by atoms with Gasteiger partial charge in [0.25, 0.3) is 0 Å². The molecular formula is C13H22N2O5. The van der Waals surface area contributed by atoms with Gasteiger partial charge in [-0.3, -0.25) is 0 Å². The summed E-state index contributed by atoms with van der Waals surface area (Å²) in [4.78, 5) is 23.2. The van der Waals surface area contributed by atoms with Crippen molar-refractivity contribution in [1.29, 1.82) is 0 Å². The van der Waals surface area contributed by atoms with Crippen LogP contribution in [0.3, 0.4) is 0 Å². The molecule has 0 aromatic rings. The number of urea groups is 1. The number of carbonyl (C=O) groups excluding carboxylic acids is 1. The van der Waals surface area contributed by atoms with E-state index < -0.39 is 17.5 Å². The molecular weight excluding hydrogens is 264 g/mol. The first-order valence-corrected chi connectivity index (χ1v) is 6.88. The molecule has 2 aliphatic rings. The van der Waals surface area contributed by atoms with Crippen LogP contribution in [0.2, 0.25) is 0 Å². The number of hydrogen-bond donors (Lipinski definition) is 3. The van der Waals surface area contributed by atoms with Crippen LogP contribution in [0.1, 0.15) is 25.7 Å². The Morgan fingerprint density at radius 1 is 1.35 bits per heavy atom. The second kappa shape index (κ2) is 5.97. The van der Waals surface area contributed by atoms with Gasteiger partial charge in [0.1, 0.15) is 0 Å².